The van der Waals surface area contributed by atoms with Crippen molar-refractivity contribution in [3.05, 3.63) is 47.3 Å². The number of nitrogens with one attached hydrogen (secondary N) is 2. The van der Waals surface area contributed by atoms with Crippen LogP contribution in [0, 0.1) is 6.92 Å². The molecule has 0 spiro atoms. The molecule has 3 heteroatoms. The van der Waals surface area contributed by atoms with Crippen LogP contribution < -0.4 is 5.32 Å². The van der Waals surface area contributed by atoms with Gasteiger partial charge in [-0.25, -0.2) is 4.98 Å². The van der Waals surface area contributed by atoms with E-state index in [0.717, 1.165) is 30.7 Å². The van der Waals surface area contributed by atoms with Crippen molar-refractivity contribution in [2.75, 3.05) is 11.9 Å². The lowest BCUT2D eigenvalue weighted by Crippen LogP contribution is -1.90. The normalized spacial score (nSPS) is 13.4. The van der Waals surface area contributed by atoms with Crippen molar-refractivity contribution in [2.24, 2.45) is 0 Å². The van der Waals surface area contributed by atoms with Gasteiger partial charge in [-0.05, 0) is 42.5 Å². The Morgan fingerprint density at radius 1 is 1.14 bits per heavy atom. The first kappa shape index (κ1) is 12.5. The van der Waals surface area contributed by atoms with Crippen LogP contribution in [0.1, 0.15) is 23.9 Å². The second-order valence-electron chi connectivity index (χ2n) is 5.68. The lowest BCUT2D eigenvalue weighted by molar-refractivity contribution is 1.11. The number of H-pyrrole nitrogens is 1. The molecule has 0 saturated heterocycles. The zero-order valence-electron chi connectivity index (χ0n) is 12.5. The third kappa shape index (κ3) is 1.84. The fourth-order valence-corrected chi connectivity index (χ4v) is 3.37. The van der Waals surface area contributed by atoms with E-state index in [4.69, 9.17) is 4.98 Å². The molecule has 0 fully saturated rings. The largest absolute Gasteiger partial charge is 0.384 e. The number of nitrogens with zero attached hydrogens (tertiary/aromatic N) is 1. The monoisotopic (exact) mass is 277 g/mol. The number of anilines is 1. The summed E-state index contributed by atoms with van der Waals surface area (Å²) in [5.74, 6) is 0.984. The fourth-order valence-electron chi connectivity index (χ4n) is 3.37. The molecule has 4 rings (SSSR count). The van der Waals surface area contributed by atoms with Crippen LogP contribution in [0.5, 0.6) is 0 Å². The molecule has 0 amide bonds. The van der Waals surface area contributed by atoms with Crippen molar-refractivity contribution in [3.63, 3.8) is 0 Å². The summed E-state index contributed by atoms with van der Waals surface area (Å²) in [6.07, 6.45) is 2.11. The van der Waals surface area contributed by atoms with Gasteiger partial charge in [0.25, 0.3) is 0 Å². The van der Waals surface area contributed by atoms with Gasteiger partial charge in [-0.3, -0.25) is 0 Å². The molecule has 1 aromatic heterocycles. The summed E-state index contributed by atoms with van der Waals surface area (Å²) < 4.78 is 0. The first-order valence-electron chi connectivity index (χ1n) is 7.62. The zero-order chi connectivity index (χ0) is 14.4. The average Bonchev–Trinajstić information content (AvgIpc) is 3.11. The Morgan fingerprint density at radius 2 is 2.05 bits per heavy atom. The molecule has 0 atom stereocenters. The van der Waals surface area contributed by atoms with Gasteiger partial charge in [0.05, 0.1) is 11.0 Å². The highest BCUT2D eigenvalue weighted by Gasteiger charge is 2.18. The number of aromatic nitrogens is 2. The average molecular weight is 277 g/mol. The number of imidazole rings is 1. The summed E-state index contributed by atoms with van der Waals surface area (Å²) in [5, 5.41) is 3.46. The van der Waals surface area contributed by atoms with Gasteiger partial charge in [0.1, 0.15) is 5.82 Å². The molecule has 0 saturated carbocycles. The van der Waals surface area contributed by atoms with E-state index in [-0.39, 0.29) is 0 Å². The number of hydrogen-bond donors (Lipinski definition) is 2. The Balaban J connectivity index is 2.02. The third-order valence-corrected chi connectivity index (χ3v) is 4.39. The van der Waals surface area contributed by atoms with Crippen molar-refractivity contribution >= 4 is 16.7 Å². The van der Waals surface area contributed by atoms with Crippen LogP contribution in [0.2, 0.25) is 0 Å². The van der Waals surface area contributed by atoms with E-state index in [0.29, 0.717) is 0 Å². The van der Waals surface area contributed by atoms with Crippen LogP contribution in [0.4, 0.5) is 5.69 Å². The minimum absolute atomic E-state index is 0.984. The van der Waals surface area contributed by atoms with Crippen molar-refractivity contribution in [3.8, 4) is 11.1 Å². The van der Waals surface area contributed by atoms with Gasteiger partial charge >= 0.3 is 0 Å². The maximum atomic E-state index is 4.75. The zero-order valence-corrected chi connectivity index (χ0v) is 12.5. The van der Waals surface area contributed by atoms with Crippen LogP contribution in [0.15, 0.2) is 30.3 Å². The second-order valence-corrected chi connectivity index (χ2v) is 5.68. The van der Waals surface area contributed by atoms with Crippen LogP contribution >= 0.6 is 0 Å². The van der Waals surface area contributed by atoms with Crippen LogP contribution in [0.3, 0.4) is 0 Å². The Morgan fingerprint density at radius 3 is 2.90 bits per heavy atom. The molecule has 2 N–H and O–H groups in total. The van der Waals surface area contributed by atoms with Gasteiger partial charge in [0.15, 0.2) is 0 Å². The van der Waals surface area contributed by atoms with E-state index in [2.05, 4.69) is 47.6 Å². The van der Waals surface area contributed by atoms with E-state index in [9.17, 15) is 0 Å². The Kier molecular flexibility index (Phi) is 2.74. The Hall–Kier alpha value is -2.29. The number of fused-ring (bicyclic) bond motifs is 2. The maximum absolute atomic E-state index is 4.75. The molecule has 0 aliphatic carbocycles. The Bertz CT molecular complexity index is 830. The highest BCUT2D eigenvalue weighted by atomic mass is 14.9. The SMILES string of the molecule is CCc1ccc(-c2cccc3c2CCN3)c2nc(C)[nH]c12. The summed E-state index contributed by atoms with van der Waals surface area (Å²) in [6.45, 7) is 5.25. The topological polar surface area (TPSA) is 40.7 Å². The van der Waals surface area contributed by atoms with Crippen molar-refractivity contribution < 1.29 is 0 Å². The van der Waals surface area contributed by atoms with Crippen LogP contribution in [-0.4, -0.2) is 16.5 Å². The van der Waals surface area contributed by atoms with Gasteiger partial charge in [0, 0.05) is 17.8 Å². The molecule has 0 bridgehead atoms. The standard InChI is InChI=1S/C18H19N3/c1-3-12-7-8-15(18-17(12)20-11(2)21-18)13-5-4-6-16-14(13)9-10-19-16/h4-8,19H,3,9-10H2,1-2H3,(H,20,21). The molecule has 3 aromatic rings. The third-order valence-electron chi connectivity index (χ3n) is 4.39. The molecule has 1 aliphatic rings. The molecule has 0 radical (unpaired) electrons. The predicted octanol–water partition coefficient (Wildman–Crippen LogP) is 4.07. The number of aromatic amines is 1. The van der Waals surface area contributed by atoms with Gasteiger partial charge in [-0.2, -0.15) is 0 Å². The maximum Gasteiger partial charge on any atom is 0.104 e. The van der Waals surface area contributed by atoms with Crippen molar-refractivity contribution in [1.82, 2.24) is 9.97 Å². The van der Waals surface area contributed by atoms with Crippen LogP contribution in [0.25, 0.3) is 22.2 Å². The number of benzene rings is 2. The fraction of sp³-hybridized carbons (Fsp3) is 0.278. The highest BCUT2D eigenvalue weighted by molar-refractivity contribution is 5.96. The molecule has 0 unspecified atom stereocenters. The van der Waals surface area contributed by atoms with Crippen LogP contribution in [-0.2, 0) is 12.8 Å². The molecule has 2 aromatic carbocycles. The lowest BCUT2D eigenvalue weighted by atomic mass is 9.95. The van der Waals surface area contributed by atoms with E-state index in [1.807, 2.05) is 6.92 Å². The summed E-state index contributed by atoms with van der Waals surface area (Å²) in [5.41, 5.74) is 8.88. The van der Waals surface area contributed by atoms with E-state index >= 15 is 0 Å². The second kappa shape index (κ2) is 4.62. The number of rotatable bonds is 2. The highest BCUT2D eigenvalue weighted by Crippen LogP contribution is 2.36. The van der Waals surface area contributed by atoms with E-state index in [1.54, 1.807) is 0 Å². The number of hydrogen-bond acceptors (Lipinski definition) is 2. The molecular formula is C18H19N3. The molecule has 106 valence electrons. The van der Waals surface area contributed by atoms with Gasteiger partial charge in [0.2, 0.25) is 0 Å². The molecular weight excluding hydrogens is 258 g/mol. The smallest absolute Gasteiger partial charge is 0.104 e. The first-order chi connectivity index (χ1) is 10.3. The van der Waals surface area contributed by atoms with Gasteiger partial charge in [-0.15, -0.1) is 0 Å². The van der Waals surface area contributed by atoms with Gasteiger partial charge < -0.3 is 10.3 Å². The lowest BCUT2D eigenvalue weighted by Gasteiger charge is -2.10. The molecule has 3 nitrogen and oxygen atoms in total. The van der Waals surface area contributed by atoms with Crippen molar-refractivity contribution in [1.29, 1.82) is 0 Å². The minimum atomic E-state index is 0.984. The van der Waals surface area contributed by atoms with Crippen molar-refractivity contribution in [2.45, 2.75) is 26.7 Å². The molecule has 2 heterocycles. The summed E-state index contributed by atoms with van der Waals surface area (Å²) in [6, 6.07) is 11.0. The summed E-state index contributed by atoms with van der Waals surface area (Å²) >= 11 is 0. The summed E-state index contributed by atoms with van der Waals surface area (Å²) in [7, 11) is 0. The number of aryl methyl sites for hydroxylation is 2. The van der Waals surface area contributed by atoms with E-state index in [1.165, 1.54) is 33.5 Å². The minimum Gasteiger partial charge on any atom is -0.384 e. The molecule has 1 aliphatic heterocycles. The predicted molar refractivity (Wildman–Crippen MR) is 87.8 cm³/mol. The van der Waals surface area contributed by atoms with Gasteiger partial charge in [-0.1, -0.05) is 31.2 Å². The molecule has 21 heavy (non-hydrogen) atoms. The quantitative estimate of drug-likeness (QED) is 0.741. The summed E-state index contributed by atoms with van der Waals surface area (Å²) in [4.78, 5) is 8.18. The van der Waals surface area contributed by atoms with E-state index < -0.39 is 0 Å². The Labute approximate surface area is 124 Å². The first-order valence-corrected chi connectivity index (χ1v) is 7.62.